The Bertz CT molecular complexity index is 706. The minimum Gasteiger partial charge on any atom is -0.465 e. The molecule has 138 valence electrons. The molecule has 1 aromatic carbocycles. The summed E-state index contributed by atoms with van der Waals surface area (Å²) in [6.07, 6.45) is 1.60. The number of hydrogen-bond acceptors (Lipinski definition) is 5. The Labute approximate surface area is 155 Å². The van der Waals surface area contributed by atoms with Crippen LogP contribution in [0.25, 0.3) is 0 Å². The number of rotatable bonds is 5. The molecule has 2 aromatic rings. The van der Waals surface area contributed by atoms with Crippen molar-refractivity contribution < 1.29 is 9.53 Å². The van der Waals surface area contributed by atoms with Gasteiger partial charge in [0.05, 0.1) is 18.4 Å². The Morgan fingerprint density at radius 3 is 2.35 bits per heavy atom. The molecule has 0 amide bonds. The number of nitrogens with zero attached hydrogens (tertiary/aromatic N) is 3. The molecule has 0 radical (unpaired) electrons. The van der Waals surface area contributed by atoms with Gasteiger partial charge in [-0.05, 0) is 31.5 Å². The van der Waals surface area contributed by atoms with Gasteiger partial charge in [0.2, 0.25) is 0 Å². The first kappa shape index (κ1) is 18.5. The van der Waals surface area contributed by atoms with Crippen molar-refractivity contribution in [3.05, 3.63) is 65.5 Å². The molecule has 0 bridgehead atoms. The molecule has 0 unspecified atom stereocenters. The van der Waals surface area contributed by atoms with Crippen LogP contribution in [-0.4, -0.2) is 53.0 Å². The molecule has 3 rings (SSSR count). The van der Waals surface area contributed by atoms with Crippen LogP contribution in [0.4, 0.5) is 0 Å². The van der Waals surface area contributed by atoms with E-state index in [1.165, 1.54) is 12.7 Å². The van der Waals surface area contributed by atoms with Crippen molar-refractivity contribution in [1.29, 1.82) is 0 Å². The summed E-state index contributed by atoms with van der Waals surface area (Å²) in [5, 5.41) is 0. The van der Waals surface area contributed by atoms with Crippen LogP contribution in [-0.2, 0) is 17.8 Å². The van der Waals surface area contributed by atoms with Crippen molar-refractivity contribution in [3.63, 3.8) is 0 Å². The fraction of sp³-hybridized carbons (Fsp3) is 0.429. The summed E-state index contributed by atoms with van der Waals surface area (Å²) in [5.41, 5.74) is 2.83. The molecule has 0 saturated carbocycles. The first-order valence-electron chi connectivity index (χ1n) is 9.12. The molecule has 1 aliphatic rings. The highest BCUT2D eigenvalue weighted by atomic mass is 16.5. The van der Waals surface area contributed by atoms with Crippen molar-refractivity contribution in [1.82, 2.24) is 14.8 Å². The van der Waals surface area contributed by atoms with E-state index in [9.17, 15) is 4.79 Å². The predicted octanol–water partition coefficient (Wildman–Crippen LogP) is 2.96. The molecule has 1 saturated heterocycles. The summed E-state index contributed by atoms with van der Waals surface area (Å²) in [7, 11) is 1.38. The van der Waals surface area contributed by atoms with E-state index in [-0.39, 0.29) is 5.97 Å². The van der Waals surface area contributed by atoms with Gasteiger partial charge in [0.1, 0.15) is 0 Å². The first-order valence-corrected chi connectivity index (χ1v) is 9.12. The third kappa shape index (κ3) is 4.48. The Kier molecular flexibility index (Phi) is 6.01. The van der Waals surface area contributed by atoms with Gasteiger partial charge in [0.15, 0.2) is 0 Å². The fourth-order valence-corrected chi connectivity index (χ4v) is 3.69. The molecule has 1 fully saturated rings. The number of aromatic nitrogens is 1. The highest BCUT2D eigenvalue weighted by Gasteiger charge is 2.29. The summed E-state index contributed by atoms with van der Waals surface area (Å²) >= 11 is 0. The van der Waals surface area contributed by atoms with E-state index in [4.69, 9.17) is 4.74 Å². The molecule has 0 aliphatic carbocycles. The van der Waals surface area contributed by atoms with Gasteiger partial charge in [0, 0.05) is 44.5 Å². The lowest BCUT2D eigenvalue weighted by Gasteiger charge is -2.44. The Morgan fingerprint density at radius 1 is 1.08 bits per heavy atom. The van der Waals surface area contributed by atoms with Crippen LogP contribution in [0, 0.1) is 0 Å². The standard InChI is InChI=1S/C21H27N3O2/c1-16-12-23(15-20-10-9-19(11-22-20)21(25)26-3)13-17(2)24(16)14-18-7-5-4-6-8-18/h4-11,16-17H,12-15H2,1-3H3/t16-,17+. The monoisotopic (exact) mass is 353 g/mol. The lowest BCUT2D eigenvalue weighted by atomic mass is 10.1. The molecule has 26 heavy (non-hydrogen) atoms. The summed E-state index contributed by atoms with van der Waals surface area (Å²) in [4.78, 5) is 20.9. The SMILES string of the molecule is COC(=O)c1ccc(CN2C[C@@H](C)N(Cc3ccccc3)[C@@H](C)C2)nc1. The van der Waals surface area contributed by atoms with E-state index in [2.05, 4.69) is 59.0 Å². The van der Waals surface area contributed by atoms with Gasteiger partial charge >= 0.3 is 5.97 Å². The summed E-state index contributed by atoms with van der Waals surface area (Å²) in [6.45, 7) is 8.40. The van der Waals surface area contributed by atoms with Crippen molar-refractivity contribution in [2.24, 2.45) is 0 Å². The van der Waals surface area contributed by atoms with Gasteiger partial charge in [-0.25, -0.2) is 4.79 Å². The molecule has 0 N–H and O–H groups in total. The minimum atomic E-state index is -0.346. The van der Waals surface area contributed by atoms with Crippen LogP contribution in [0.1, 0.15) is 35.5 Å². The molecule has 5 nitrogen and oxygen atoms in total. The predicted molar refractivity (Wildman–Crippen MR) is 102 cm³/mol. The lowest BCUT2D eigenvalue weighted by molar-refractivity contribution is 0.0285. The number of hydrogen-bond donors (Lipinski definition) is 0. The molecular weight excluding hydrogens is 326 g/mol. The van der Waals surface area contributed by atoms with Gasteiger partial charge in [0.25, 0.3) is 0 Å². The topological polar surface area (TPSA) is 45.7 Å². The molecule has 2 atom stereocenters. The third-order valence-corrected chi connectivity index (χ3v) is 5.02. The van der Waals surface area contributed by atoms with Crippen molar-refractivity contribution in [2.75, 3.05) is 20.2 Å². The van der Waals surface area contributed by atoms with Crippen molar-refractivity contribution in [2.45, 2.75) is 39.0 Å². The fourth-order valence-electron chi connectivity index (χ4n) is 3.69. The molecule has 0 spiro atoms. The number of carbonyl (C=O) groups excluding carboxylic acids is 1. The maximum absolute atomic E-state index is 11.5. The van der Waals surface area contributed by atoms with Crippen LogP contribution in [0.15, 0.2) is 48.7 Å². The second kappa shape index (κ2) is 8.43. The van der Waals surface area contributed by atoms with E-state index in [1.54, 1.807) is 12.3 Å². The van der Waals surface area contributed by atoms with E-state index >= 15 is 0 Å². The molecular formula is C21H27N3O2. The van der Waals surface area contributed by atoms with E-state index in [0.29, 0.717) is 17.6 Å². The molecule has 2 heterocycles. The number of ether oxygens (including phenoxy) is 1. The zero-order valence-electron chi connectivity index (χ0n) is 15.8. The zero-order chi connectivity index (χ0) is 18.5. The first-order chi connectivity index (χ1) is 12.6. The van der Waals surface area contributed by atoms with Crippen LogP contribution in [0.5, 0.6) is 0 Å². The number of carbonyl (C=O) groups is 1. The lowest BCUT2D eigenvalue weighted by Crippen LogP contribution is -2.55. The number of benzene rings is 1. The minimum absolute atomic E-state index is 0.346. The molecule has 1 aromatic heterocycles. The Morgan fingerprint density at radius 2 is 1.77 bits per heavy atom. The van der Waals surface area contributed by atoms with Gasteiger partial charge in [-0.15, -0.1) is 0 Å². The van der Waals surface area contributed by atoms with E-state index < -0.39 is 0 Å². The summed E-state index contributed by atoms with van der Waals surface area (Å²) in [6, 6.07) is 15.3. The summed E-state index contributed by atoms with van der Waals surface area (Å²) in [5.74, 6) is -0.346. The van der Waals surface area contributed by atoms with Crippen molar-refractivity contribution in [3.8, 4) is 0 Å². The smallest absolute Gasteiger partial charge is 0.339 e. The van der Waals surface area contributed by atoms with Gasteiger partial charge in [-0.1, -0.05) is 30.3 Å². The zero-order valence-corrected chi connectivity index (χ0v) is 15.8. The van der Waals surface area contributed by atoms with Crippen LogP contribution in [0.2, 0.25) is 0 Å². The van der Waals surface area contributed by atoms with E-state index in [0.717, 1.165) is 31.9 Å². The van der Waals surface area contributed by atoms with Gasteiger partial charge in [-0.3, -0.25) is 14.8 Å². The Hall–Kier alpha value is -2.24. The quantitative estimate of drug-likeness (QED) is 0.774. The highest BCUT2D eigenvalue weighted by Crippen LogP contribution is 2.20. The van der Waals surface area contributed by atoms with Crippen LogP contribution in [0.3, 0.4) is 0 Å². The second-order valence-corrected chi connectivity index (χ2v) is 7.08. The van der Waals surface area contributed by atoms with Gasteiger partial charge in [-0.2, -0.15) is 0 Å². The third-order valence-electron chi connectivity index (χ3n) is 5.02. The summed E-state index contributed by atoms with van der Waals surface area (Å²) < 4.78 is 4.72. The highest BCUT2D eigenvalue weighted by molar-refractivity contribution is 5.88. The second-order valence-electron chi connectivity index (χ2n) is 7.08. The number of esters is 1. The van der Waals surface area contributed by atoms with Crippen molar-refractivity contribution >= 4 is 5.97 Å². The molecule has 1 aliphatic heterocycles. The maximum atomic E-state index is 11.5. The molecule has 5 heteroatoms. The number of piperazine rings is 1. The normalized spacial score (nSPS) is 21.5. The maximum Gasteiger partial charge on any atom is 0.339 e. The average molecular weight is 353 g/mol. The number of pyridine rings is 1. The van der Waals surface area contributed by atoms with Crippen LogP contribution < -0.4 is 0 Å². The van der Waals surface area contributed by atoms with E-state index in [1.807, 2.05) is 6.07 Å². The number of methoxy groups -OCH3 is 1. The Balaban J connectivity index is 1.59. The largest absolute Gasteiger partial charge is 0.465 e. The van der Waals surface area contributed by atoms with Crippen LogP contribution >= 0.6 is 0 Å². The average Bonchev–Trinajstić information content (AvgIpc) is 2.65. The van der Waals surface area contributed by atoms with Gasteiger partial charge < -0.3 is 4.74 Å².